The topological polar surface area (TPSA) is 106 Å². The molecular formula is C10H10N4O2. The highest BCUT2D eigenvalue weighted by Crippen LogP contribution is 2.45. The van der Waals surface area contributed by atoms with Crippen molar-refractivity contribution in [3.05, 3.63) is 0 Å². The third-order valence-corrected chi connectivity index (χ3v) is 3.78. The van der Waals surface area contributed by atoms with Gasteiger partial charge in [0.15, 0.2) is 0 Å². The van der Waals surface area contributed by atoms with Crippen LogP contribution < -0.4 is 10.6 Å². The molecular weight excluding hydrogens is 208 g/mol. The second kappa shape index (κ2) is 2.73. The van der Waals surface area contributed by atoms with Gasteiger partial charge in [-0.2, -0.15) is 10.5 Å². The predicted molar refractivity (Wildman–Crippen MR) is 51.3 cm³/mol. The van der Waals surface area contributed by atoms with Gasteiger partial charge in [-0.15, -0.1) is 0 Å². The molecule has 0 bridgehead atoms. The summed E-state index contributed by atoms with van der Waals surface area (Å²) in [5.74, 6) is -2.79. The van der Waals surface area contributed by atoms with E-state index in [1.54, 1.807) is 13.8 Å². The third kappa shape index (κ3) is 0.849. The molecule has 0 aliphatic carbocycles. The molecule has 82 valence electrons. The monoisotopic (exact) mass is 218 g/mol. The van der Waals surface area contributed by atoms with Gasteiger partial charge in [-0.25, -0.2) is 0 Å². The molecule has 6 heteroatoms. The van der Waals surface area contributed by atoms with Crippen LogP contribution in [-0.4, -0.2) is 22.9 Å². The lowest BCUT2D eigenvalue weighted by atomic mass is 9.73. The Balaban J connectivity index is 2.58. The van der Waals surface area contributed by atoms with E-state index in [0.29, 0.717) is 0 Å². The molecule has 6 nitrogen and oxygen atoms in total. The molecule has 2 fully saturated rings. The first-order valence-electron chi connectivity index (χ1n) is 4.84. The second-order valence-electron chi connectivity index (χ2n) is 4.51. The fraction of sp³-hybridized carbons (Fsp3) is 0.600. The van der Waals surface area contributed by atoms with Gasteiger partial charge in [0.1, 0.15) is 11.8 Å². The van der Waals surface area contributed by atoms with Crippen molar-refractivity contribution >= 4 is 11.8 Å². The molecule has 2 aliphatic heterocycles. The number of carbonyl (C=O) groups excluding carboxylic acids is 2. The Kier molecular flexibility index (Phi) is 1.78. The summed E-state index contributed by atoms with van der Waals surface area (Å²) in [7, 11) is 0. The Morgan fingerprint density at radius 2 is 1.31 bits per heavy atom. The largest absolute Gasteiger partial charge is 0.345 e. The molecule has 2 aliphatic rings. The standard InChI is InChI=1S/C10H10N4O2/c1-9-5(3-11)7(15)14-10(9,2)6(4-12)8(16)13-9/h5-6H,1-2H3,(H,13,16)(H,14,15)/t5-,6-,9+,10+/m0/s1. The molecule has 0 aromatic heterocycles. The summed E-state index contributed by atoms with van der Waals surface area (Å²) in [6.45, 7) is 3.24. The minimum absolute atomic E-state index is 0.437. The van der Waals surface area contributed by atoms with E-state index in [9.17, 15) is 9.59 Å². The molecule has 2 rings (SSSR count). The van der Waals surface area contributed by atoms with Crippen LogP contribution >= 0.6 is 0 Å². The Morgan fingerprint density at radius 1 is 1.00 bits per heavy atom. The Hall–Kier alpha value is -2.08. The Bertz CT molecular complexity index is 430. The average Bonchev–Trinajstić information content (AvgIpc) is 2.46. The highest BCUT2D eigenvalue weighted by atomic mass is 16.2. The van der Waals surface area contributed by atoms with Crippen molar-refractivity contribution in [2.45, 2.75) is 24.9 Å². The van der Waals surface area contributed by atoms with Crippen molar-refractivity contribution in [1.82, 2.24) is 10.6 Å². The summed E-state index contributed by atoms with van der Waals surface area (Å²) >= 11 is 0. The molecule has 2 amide bonds. The van der Waals surface area contributed by atoms with E-state index in [1.807, 2.05) is 12.1 Å². The maximum atomic E-state index is 11.6. The lowest BCUT2D eigenvalue weighted by Gasteiger charge is -2.34. The number of nitriles is 2. The average molecular weight is 218 g/mol. The first-order valence-corrected chi connectivity index (χ1v) is 4.84. The van der Waals surface area contributed by atoms with E-state index >= 15 is 0 Å². The molecule has 2 saturated heterocycles. The summed E-state index contributed by atoms with van der Waals surface area (Å²) < 4.78 is 0. The van der Waals surface area contributed by atoms with Crippen LogP contribution in [0.2, 0.25) is 0 Å². The fourth-order valence-electron chi connectivity index (χ4n) is 2.56. The summed E-state index contributed by atoms with van der Waals surface area (Å²) in [4.78, 5) is 23.2. The molecule has 2 N–H and O–H groups in total. The van der Waals surface area contributed by atoms with Crippen LogP contribution in [0, 0.1) is 34.5 Å². The van der Waals surface area contributed by atoms with Crippen molar-refractivity contribution in [2.24, 2.45) is 11.8 Å². The van der Waals surface area contributed by atoms with Gasteiger partial charge in [0, 0.05) is 0 Å². The van der Waals surface area contributed by atoms with Gasteiger partial charge in [0.2, 0.25) is 11.8 Å². The number of hydrogen-bond acceptors (Lipinski definition) is 4. The van der Waals surface area contributed by atoms with Crippen LogP contribution in [0.3, 0.4) is 0 Å². The van der Waals surface area contributed by atoms with E-state index in [2.05, 4.69) is 10.6 Å². The first kappa shape index (κ1) is 10.4. The van der Waals surface area contributed by atoms with Gasteiger partial charge < -0.3 is 10.6 Å². The zero-order valence-corrected chi connectivity index (χ0v) is 8.87. The van der Waals surface area contributed by atoms with Crippen molar-refractivity contribution in [1.29, 1.82) is 10.5 Å². The maximum absolute atomic E-state index is 11.6. The summed E-state index contributed by atoms with van der Waals surface area (Å²) in [5.41, 5.74) is -2.04. The van der Waals surface area contributed by atoms with Crippen molar-refractivity contribution in [3.8, 4) is 12.1 Å². The molecule has 0 aromatic rings. The third-order valence-electron chi connectivity index (χ3n) is 3.78. The number of rotatable bonds is 0. The van der Waals surface area contributed by atoms with Crippen molar-refractivity contribution in [2.75, 3.05) is 0 Å². The molecule has 0 aromatic carbocycles. The molecule has 0 unspecified atom stereocenters. The molecule has 0 radical (unpaired) electrons. The van der Waals surface area contributed by atoms with Gasteiger partial charge in [-0.3, -0.25) is 9.59 Å². The zero-order chi connectivity index (χ0) is 12.1. The second-order valence-corrected chi connectivity index (χ2v) is 4.51. The Morgan fingerprint density at radius 3 is 1.56 bits per heavy atom. The zero-order valence-electron chi connectivity index (χ0n) is 8.87. The van der Waals surface area contributed by atoms with Gasteiger partial charge in [0.25, 0.3) is 0 Å². The van der Waals surface area contributed by atoms with E-state index in [0.717, 1.165) is 0 Å². The normalized spacial score (nSPS) is 45.2. The van der Waals surface area contributed by atoms with Gasteiger partial charge >= 0.3 is 0 Å². The number of fused-ring (bicyclic) bond motifs is 1. The fourth-order valence-corrected chi connectivity index (χ4v) is 2.56. The summed E-state index contributed by atoms with van der Waals surface area (Å²) in [6.07, 6.45) is 0. The van der Waals surface area contributed by atoms with Crippen LogP contribution in [0.15, 0.2) is 0 Å². The summed E-state index contributed by atoms with van der Waals surface area (Å²) in [5, 5.41) is 23.1. The van der Waals surface area contributed by atoms with E-state index in [-0.39, 0.29) is 0 Å². The molecule has 0 spiro atoms. The van der Waals surface area contributed by atoms with Crippen LogP contribution in [0.25, 0.3) is 0 Å². The molecule has 0 saturated carbocycles. The van der Waals surface area contributed by atoms with Crippen LogP contribution in [0.1, 0.15) is 13.8 Å². The highest BCUT2D eigenvalue weighted by molar-refractivity contribution is 5.96. The van der Waals surface area contributed by atoms with Crippen LogP contribution in [0.4, 0.5) is 0 Å². The number of hydrogen-bond donors (Lipinski definition) is 2. The van der Waals surface area contributed by atoms with Crippen molar-refractivity contribution < 1.29 is 9.59 Å². The van der Waals surface area contributed by atoms with E-state index < -0.39 is 34.7 Å². The van der Waals surface area contributed by atoms with E-state index in [1.165, 1.54) is 0 Å². The van der Waals surface area contributed by atoms with Gasteiger partial charge in [0.05, 0.1) is 23.2 Å². The minimum Gasteiger partial charge on any atom is -0.345 e. The number of nitrogens with zero attached hydrogens (tertiary/aromatic N) is 2. The number of amides is 2. The van der Waals surface area contributed by atoms with Crippen LogP contribution in [0.5, 0.6) is 0 Å². The lowest BCUT2D eigenvalue weighted by Crippen LogP contribution is -2.57. The van der Waals surface area contributed by atoms with Crippen molar-refractivity contribution in [3.63, 3.8) is 0 Å². The lowest BCUT2D eigenvalue weighted by molar-refractivity contribution is -0.125. The SMILES string of the molecule is C[C@]12NC(=O)[C@H](C#N)[C@@]1(C)NC(=O)[C@@H]2C#N. The molecule has 16 heavy (non-hydrogen) atoms. The van der Waals surface area contributed by atoms with Crippen LogP contribution in [-0.2, 0) is 9.59 Å². The molecule has 4 atom stereocenters. The first-order chi connectivity index (χ1) is 7.40. The highest BCUT2D eigenvalue weighted by Gasteiger charge is 2.69. The minimum atomic E-state index is -1.02. The molecule has 2 heterocycles. The quantitative estimate of drug-likeness (QED) is 0.546. The smallest absolute Gasteiger partial charge is 0.240 e. The van der Waals surface area contributed by atoms with E-state index in [4.69, 9.17) is 10.5 Å². The number of nitrogens with one attached hydrogen (secondary N) is 2. The predicted octanol–water partition coefficient (Wildman–Crippen LogP) is -0.957. The van der Waals surface area contributed by atoms with Gasteiger partial charge in [-0.1, -0.05) is 0 Å². The van der Waals surface area contributed by atoms with Gasteiger partial charge in [-0.05, 0) is 13.8 Å². The Labute approximate surface area is 92.2 Å². The maximum Gasteiger partial charge on any atom is 0.240 e. The number of carbonyl (C=O) groups is 2. The summed E-state index contributed by atoms with van der Waals surface area (Å²) in [6, 6.07) is 3.76.